The Bertz CT molecular complexity index is 5470. The molecule has 0 aromatic heterocycles. The van der Waals surface area contributed by atoms with Crippen LogP contribution in [0.15, 0.2) is 141 Å². The smallest absolute Gasteiger partial charge is 0.744 e. The third-order valence-electron chi connectivity index (χ3n) is 16.2. The van der Waals surface area contributed by atoms with Crippen LogP contribution in [-0.2, 0) is 71.0 Å². The molecule has 0 aliphatic carbocycles. The Labute approximate surface area is 716 Å². The molecular formula is C67H28F18Na4O21S4. The van der Waals surface area contributed by atoms with Gasteiger partial charge in [-0.2, -0.15) is 17.6 Å². The van der Waals surface area contributed by atoms with Crippen LogP contribution >= 0.6 is 0 Å². The van der Waals surface area contributed by atoms with Gasteiger partial charge < -0.3 is 56.1 Å². The van der Waals surface area contributed by atoms with Gasteiger partial charge in [0.2, 0.25) is 58.0 Å². The summed E-state index contributed by atoms with van der Waals surface area (Å²) in [5.41, 5.74) is -12.4. The largest absolute Gasteiger partial charge is 1.00 e. The van der Waals surface area contributed by atoms with E-state index in [1.54, 1.807) is 0 Å². The van der Waals surface area contributed by atoms with Crippen molar-refractivity contribution >= 4 is 46.3 Å². The number of carbonyl (C=O) groups is 1. The first-order valence-corrected chi connectivity index (χ1v) is 35.3. The van der Waals surface area contributed by atoms with Gasteiger partial charge in [0.15, 0.2) is 87.1 Å². The van der Waals surface area contributed by atoms with Gasteiger partial charge in [0.05, 0.1) is 68.3 Å². The summed E-state index contributed by atoms with van der Waals surface area (Å²) in [6, 6.07) is 15.7. The molecule has 2 fully saturated rings. The quantitative estimate of drug-likeness (QED) is 0.0263. The van der Waals surface area contributed by atoms with Crippen LogP contribution < -0.4 is 137 Å². The zero-order valence-electron chi connectivity index (χ0n) is 56.9. The van der Waals surface area contributed by atoms with Gasteiger partial charge in [0, 0.05) is 33.4 Å². The monoisotopic (exact) mass is 1730 g/mol. The number of ether oxygens (including phenoxy) is 8. The van der Waals surface area contributed by atoms with Crippen molar-refractivity contribution in [3.63, 3.8) is 0 Å². The van der Waals surface area contributed by atoms with Gasteiger partial charge in [-0.05, 0) is 121 Å². The van der Waals surface area contributed by atoms with E-state index in [1.807, 2.05) is 0 Å². The Morgan fingerprint density at radius 2 is 0.439 bits per heavy atom. The molecule has 47 heteroatoms. The fourth-order valence-corrected chi connectivity index (χ4v) is 14.0. The normalized spacial score (nSPS) is 13.9. The summed E-state index contributed by atoms with van der Waals surface area (Å²) in [5.74, 6) is -64.3. The van der Waals surface area contributed by atoms with E-state index in [4.69, 9.17) is 37.9 Å². The summed E-state index contributed by atoms with van der Waals surface area (Å²) in [7, 11) is -24.8. The van der Waals surface area contributed by atoms with Crippen LogP contribution in [0.3, 0.4) is 0 Å². The maximum absolute atomic E-state index is 15.3. The molecule has 0 bridgehead atoms. The summed E-state index contributed by atoms with van der Waals surface area (Å²) in [5, 5.41) is 0. The van der Waals surface area contributed by atoms with E-state index < -0.39 is 261 Å². The second-order valence-corrected chi connectivity index (χ2v) is 28.1. The number of rotatable bonds is 20. The molecule has 2 heterocycles. The van der Waals surface area contributed by atoms with Crippen molar-refractivity contribution in [2.24, 2.45) is 0 Å². The van der Waals surface area contributed by atoms with Gasteiger partial charge in [-0.25, -0.2) is 95.1 Å². The number of ketones is 1. The molecule has 12 rings (SSSR count). The molecule has 10 aromatic carbocycles. The van der Waals surface area contributed by atoms with Crippen molar-refractivity contribution in [1.82, 2.24) is 0 Å². The summed E-state index contributed by atoms with van der Waals surface area (Å²) in [6.07, 6.45) is 0. The summed E-state index contributed by atoms with van der Waals surface area (Å²) >= 11 is 0. The topological polar surface area (TPSA) is 320 Å². The van der Waals surface area contributed by atoms with E-state index in [2.05, 4.69) is 0 Å². The zero-order valence-corrected chi connectivity index (χ0v) is 68.2. The number of hydrogen-bond acceptors (Lipinski definition) is 21. The van der Waals surface area contributed by atoms with E-state index in [0.717, 1.165) is 97.1 Å². The Morgan fingerprint density at radius 3 is 0.623 bits per heavy atom. The van der Waals surface area contributed by atoms with Crippen molar-refractivity contribution in [2.75, 3.05) is 26.4 Å². The molecule has 10 aromatic rings. The average Bonchev–Trinajstić information content (AvgIpc) is 1.04. The van der Waals surface area contributed by atoms with Crippen LogP contribution in [0.2, 0.25) is 0 Å². The van der Waals surface area contributed by atoms with Gasteiger partial charge in [0.1, 0.15) is 63.5 Å². The fraction of sp³-hybridized carbons (Fsp3) is 0.0896. The van der Waals surface area contributed by atoms with Crippen LogP contribution in [0.1, 0.15) is 38.2 Å². The summed E-state index contributed by atoms with van der Waals surface area (Å²) in [4.78, 5) is 6.89. The van der Waals surface area contributed by atoms with E-state index in [1.165, 1.54) is 0 Å². The maximum atomic E-state index is 15.3. The number of halogens is 18. The third kappa shape index (κ3) is 17.0. The fourth-order valence-electron chi connectivity index (χ4n) is 11.3. The molecule has 0 radical (unpaired) electrons. The van der Waals surface area contributed by atoms with Crippen molar-refractivity contribution < 1.29 is 292 Å². The van der Waals surface area contributed by atoms with Crippen molar-refractivity contribution in [2.45, 2.75) is 31.2 Å². The number of hydrogen-bond donors (Lipinski definition) is 0. The van der Waals surface area contributed by atoms with Crippen LogP contribution in [-0.4, -0.2) is 84.1 Å². The second kappa shape index (κ2) is 34.7. The molecule has 2 aliphatic heterocycles. The predicted octanol–water partition coefficient (Wildman–Crippen LogP) is 2.05. The van der Waals surface area contributed by atoms with E-state index in [-0.39, 0.29) is 191 Å². The Morgan fingerprint density at radius 1 is 0.272 bits per heavy atom. The van der Waals surface area contributed by atoms with Gasteiger partial charge in [-0.3, -0.25) is 4.79 Å². The molecule has 0 unspecified atom stereocenters. The first kappa shape index (κ1) is 92.8. The van der Waals surface area contributed by atoms with Crippen LogP contribution in [0.5, 0.6) is 46.0 Å². The van der Waals surface area contributed by atoms with E-state index in [9.17, 15) is 101 Å². The molecule has 0 amide bonds. The Hall–Kier alpha value is -6.71. The molecular weight excluding hydrogens is 1700 g/mol. The predicted molar refractivity (Wildman–Crippen MR) is 323 cm³/mol. The van der Waals surface area contributed by atoms with E-state index in [0.29, 0.717) is 0 Å². The van der Waals surface area contributed by atoms with Crippen molar-refractivity contribution in [3.05, 3.63) is 259 Å². The first-order chi connectivity index (χ1) is 51.4. The van der Waals surface area contributed by atoms with Crippen LogP contribution in [0.25, 0.3) is 22.3 Å². The number of benzene rings is 10. The molecule has 2 saturated heterocycles. The van der Waals surface area contributed by atoms with Crippen LogP contribution in [0, 0.1) is 105 Å². The summed E-state index contributed by atoms with van der Waals surface area (Å²) in [6.45, 7) is -0.837. The summed E-state index contributed by atoms with van der Waals surface area (Å²) < 4.78 is 463. The molecule has 2 aliphatic rings. The Balaban J connectivity index is 0.00000407. The SMILES string of the molecule is O=C(c1cc(S(=O)(=O)[O-])c(Oc2ccc(C3(c4ccc(Oc5c(F)c(F)c(-c6c(F)c(F)c(F)c(F)c6F)c(F)c5F)cc4)OCCO3)cc2)c(S(=O)(=O)[O-])c1)c1cc(S(=O)(=O)[O-])c(Oc2ccc(C3(c4ccc(Oc5c(F)c(F)c(-c6c(F)c(F)c(F)c(F)c6F)c(F)c5F)cc4)OCCO3)cc2)c(S(=O)(=O)[O-])c1.[Na+].[Na+].[Na+].[Na+]. The molecule has 0 saturated carbocycles. The minimum atomic E-state index is -6.20. The minimum absolute atomic E-state index is 0. The number of carbonyl (C=O) groups excluding carboxylic acids is 1. The minimum Gasteiger partial charge on any atom is -0.744 e. The molecule has 0 N–H and O–H groups in total. The maximum Gasteiger partial charge on any atom is 1.00 e. The molecule has 576 valence electrons. The molecule has 21 nitrogen and oxygen atoms in total. The van der Waals surface area contributed by atoms with Gasteiger partial charge in [-0.1, -0.05) is 0 Å². The second-order valence-electron chi connectivity index (χ2n) is 22.7. The zero-order chi connectivity index (χ0) is 80.3. The molecule has 114 heavy (non-hydrogen) atoms. The average molecular weight is 1730 g/mol. The van der Waals surface area contributed by atoms with Crippen molar-refractivity contribution in [3.8, 4) is 68.2 Å². The molecule has 0 spiro atoms. The van der Waals surface area contributed by atoms with Crippen molar-refractivity contribution in [1.29, 1.82) is 0 Å². The first-order valence-electron chi connectivity index (χ1n) is 29.6. The van der Waals surface area contributed by atoms with Gasteiger partial charge in [0.25, 0.3) is 0 Å². The third-order valence-corrected chi connectivity index (χ3v) is 19.6. The van der Waals surface area contributed by atoms with Gasteiger partial charge in [-0.15, -0.1) is 0 Å². The Kier molecular flexibility index (Phi) is 28.2. The van der Waals surface area contributed by atoms with E-state index >= 15 is 35.1 Å². The van der Waals surface area contributed by atoms with Crippen LogP contribution in [0.4, 0.5) is 79.0 Å². The standard InChI is InChI=1S/C67H32F18O21S4.4Na/c68-43-39(44(69)52(77)55(80)51(43)76)41-47(72)57(82)64(58(83)48(41)73)105-33-13-5-29(6-14-33)66(99-17-18-100-66)27-1-9-31(10-2-27)103-62-35(107(87,88)89)21-25(22-36(62)108(90,91)92)61(86)26-23-37(109(93,94)95)63(38(24-26)110(96,97)98)104-32-11-3-28(4-12-32)67(101-19-20-102-67)30-7-15-34(16-8-30)106-65-59(84)49(74)42(50(75)60(65)85)40-45(70)53(78)56(81)54(79)46(40)71;;;;/h1-16,21-24H,17-20H2,(H,87,88,89)(H,90,91,92)(H,93,94,95)(H,96,97,98);;;;/q;4*+1/p-4. The van der Waals surface area contributed by atoms with Gasteiger partial charge >= 0.3 is 118 Å². The molecule has 0 atom stereocenters.